The van der Waals surface area contributed by atoms with Crippen molar-refractivity contribution in [3.8, 4) is 0 Å². The number of anilines is 1. The van der Waals surface area contributed by atoms with Crippen LogP contribution in [-0.4, -0.2) is 48.3 Å². The molecule has 0 unspecified atom stereocenters. The topological polar surface area (TPSA) is 74.3 Å². The molecule has 1 aliphatic carbocycles. The number of aromatic nitrogens is 1. The highest BCUT2D eigenvalue weighted by atomic mass is 32.2. The first-order valence-electron chi connectivity index (χ1n) is 9.35. The van der Waals surface area contributed by atoms with Gasteiger partial charge in [-0.05, 0) is 37.5 Å². The molecule has 1 aliphatic heterocycles. The second-order valence-corrected chi connectivity index (χ2v) is 10.8. The number of nitrogens with one attached hydrogen (secondary N) is 2. The van der Waals surface area contributed by atoms with Crippen LogP contribution in [0.1, 0.15) is 37.8 Å². The highest BCUT2D eigenvalue weighted by Gasteiger charge is 2.23. The van der Waals surface area contributed by atoms with Gasteiger partial charge in [-0.2, -0.15) is 0 Å². The normalized spacial score (nSPS) is 21.1. The molecule has 0 bridgehead atoms. The van der Waals surface area contributed by atoms with Gasteiger partial charge in [0.25, 0.3) is 0 Å². The minimum atomic E-state index is -2.97. The van der Waals surface area contributed by atoms with E-state index < -0.39 is 9.84 Å². The van der Waals surface area contributed by atoms with Gasteiger partial charge in [0.15, 0.2) is 0 Å². The number of thioether (sulfide) groups is 1. The minimum Gasteiger partial charge on any atom is -0.381 e. The summed E-state index contributed by atoms with van der Waals surface area (Å²) in [6.45, 7) is 0. The number of nitrogens with zero attached hydrogens (tertiary/aromatic N) is 1. The number of rotatable bonds is 6. The van der Waals surface area contributed by atoms with Gasteiger partial charge in [0.2, 0.25) is 0 Å². The lowest BCUT2D eigenvalue weighted by Gasteiger charge is -2.14. The van der Waals surface area contributed by atoms with Crippen molar-refractivity contribution in [1.29, 1.82) is 0 Å². The van der Waals surface area contributed by atoms with Crippen LogP contribution in [0.5, 0.6) is 0 Å². The molecule has 1 fully saturated rings. The molecule has 2 aliphatic rings. The molecule has 1 aromatic carbocycles. The summed E-state index contributed by atoms with van der Waals surface area (Å²) < 4.78 is 36.8. The molecule has 1 saturated carbocycles. The van der Waals surface area contributed by atoms with Crippen LogP contribution in [0.25, 0.3) is 10.9 Å². The van der Waals surface area contributed by atoms with Crippen LogP contribution < -0.4 is 5.32 Å². The van der Waals surface area contributed by atoms with Crippen molar-refractivity contribution < 1.29 is 12.8 Å². The molecule has 0 amide bonds. The fraction of sp³-hybridized carbons (Fsp3) is 0.526. The molecule has 1 atom stereocenters. The molecule has 2 aromatic rings. The number of sulfone groups is 1. The molecule has 0 spiro atoms. The molecule has 1 aromatic heterocycles. The lowest BCUT2D eigenvalue weighted by molar-refractivity contribution is 0.594. The van der Waals surface area contributed by atoms with E-state index in [2.05, 4.69) is 15.3 Å². The first kappa shape index (κ1) is 18.8. The second kappa shape index (κ2) is 7.47. The van der Waals surface area contributed by atoms with Crippen molar-refractivity contribution in [3.63, 3.8) is 0 Å². The molecular weight excluding hydrogens is 385 g/mol. The van der Waals surface area contributed by atoms with E-state index in [-0.39, 0.29) is 17.6 Å². The third-order valence-corrected chi connectivity index (χ3v) is 7.30. The molecule has 0 saturated heterocycles. The van der Waals surface area contributed by atoms with Crippen LogP contribution in [0.2, 0.25) is 0 Å². The Morgan fingerprint density at radius 2 is 2.07 bits per heavy atom. The summed E-state index contributed by atoms with van der Waals surface area (Å²) in [4.78, 5) is 8.08. The summed E-state index contributed by atoms with van der Waals surface area (Å²) in [5.74, 6) is 0.685. The Morgan fingerprint density at radius 1 is 1.30 bits per heavy atom. The van der Waals surface area contributed by atoms with Gasteiger partial charge in [0.1, 0.15) is 20.7 Å². The van der Waals surface area contributed by atoms with E-state index in [1.54, 1.807) is 17.8 Å². The lowest BCUT2D eigenvalue weighted by Crippen LogP contribution is -2.14. The maximum atomic E-state index is 14.1. The van der Waals surface area contributed by atoms with Crippen molar-refractivity contribution in [2.24, 2.45) is 4.99 Å². The summed E-state index contributed by atoms with van der Waals surface area (Å²) in [5, 5.41) is 5.19. The molecule has 8 heteroatoms. The van der Waals surface area contributed by atoms with Gasteiger partial charge in [-0.1, -0.05) is 12.8 Å². The first-order valence-corrected chi connectivity index (χ1v) is 12.4. The zero-order valence-corrected chi connectivity index (χ0v) is 16.9. The molecule has 0 radical (unpaired) electrons. The molecular formula is C19H24FN3O2S2. The van der Waals surface area contributed by atoms with Crippen LogP contribution in [0, 0.1) is 5.82 Å². The Kier molecular flexibility index (Phi) is 5.20. The molecule has 146 valence electrons. The quantitative estimate of drug-likeness (QED) is 0.757. The predicted molar refractivity (Wildman–Crippen MR) is 111 cm³/mol. The number of aromatic amines is 1. The molecule has 5 nitrogen and oxygen atoms in total. The number of fused-ring (bicyclic) bond motifs is 1. The maximum absolute atomic E-state index is 14.1. The lowest BCUT2D eigenvalue weighted by atomic mass is 10.2. The monoisotopic (exact) mass is 409 g/mol. The zero-order valence-electron chi connectivity index (χ0n) is 15.3. The molecule has 2 N–H and O–H groups in total. The standard InChI is InChI=1S/C19H24FN3O2S2/c1-27(24,25)7-6-15-11-26-19(22-15)17-9-12-8-13(20)10-16(18(12)23-17)21-14-4-2-3-5-14/h8-10,14-15,21,23H,2-7,11H2,1H3/t15-/m1/s1. The highest BCUT2D eigenvalue weighted by Crippen LogP contribution is 2.32. The van der Waals surface area contributed by atoms with E-state index in [9.17, 15) is 12.8 Å². The number of hydrogen-bond donors (Lipinski definition) is 2. The summed E-state index contributed by atoms with van der Waals surface area (Å²) in [7, 11) is -2.97. The van der Waals surface area contributed by atoms with Gasteiger partial charge < -0.3 is 10.3 Å². The Labute approximate surface area is 163 Å². The fourth-order valence-electron chi connectivity index (χ4n) is 3.79. The van der Waals surface area contributed by atoms with Crippen molar-refractivity contribution >= 4 is 43.2 Å². The summed E-state index contributed by atoms with van der Waals surface area (Å²) in [6.07, 6.45) is 6.47. The number of aliphatic imine (C=N–C) groups is 1. The van der Waals surface area contributed by atoms with Gasteiger partial charge in [0, 0.05) is 23.4 Å². The smallest absolute Gasteiger partial charge is 0.147 e. The molecule has 27 heavy (non-hydrogen) atoms. The van der Waals surface area contributed by atoms with Crippen molar-refractivity contribution in [1.82, 2.24) is 4.98 Å². The third kappa shape index (κ3) is 4.48. The van der Waals surface area contributed by atoms with Crippen LogP contribution >= 0.6 is 11.8 Å². The zero-order chi connectivity index (χ0) is 19.0. The van der Waals surface area contributed by atoms with E-state index in [1.165, 1.54) is 25.2 Å². The van der Waals surface area contributed by atoms with E-state index in [0.717, 1.165) is 45.9 Å². The Bertz CT molecular complexity index is 978. The summed E-state index contributed by atoms with van der Waals surface area (Å²) in [5.41, 5.74) is 2.58. The maximum Gasteiger partial charge on any atom is 0.147 e. The van der Waals surface area contributed by atoms with Crippen LogP contribution in [0.15, 0.2) is 23.2 Å². The third-order valence-electron chi connectivity index (χ3n) is 5.17. The SMILES string of the molecule is CS(=O)(=O)CC[C@@H]1CSC(c2cc3cc(F)cc(NC4CCCC4)c3[nH]2)=N1. The van der Waals surface area contributed by atoms with Gasteiger partial charge in [-0.25, -0.2) is 12.8 Å². The predicted octanol–water partition coefficient (Wildman–Crippen LogP) is 3.96. The Hall–Kier alpha value is -1.54. The average Bonchev–Trinajstić information content (AvgIpc) is 3.32. The fourth-order valence-corrected chi connectivity index (χ4v) is 5.57. The Balaban J connectivity index is 1.58. The number of benzene rings is 1. The van der Waals surface area contributed by atoms with E-state index in [4.69, 9.17) is 0 Å². The Morgan fingerprint density at radius 3 is 2.81 bits per heavy atom. The van der Waals surface area contributed by atoms with Gasteiger partial charge in [-0.15, -0.1) is 11.8 Å². The van der Waals surface area contributed by atoms with Crippen LogP contribution in [-0.2, 0) is 9.84 Å². The minimum absolute atomic E-state index is 0.0129. The number of hydrogen-bond acceptors (Lipinski definition) is 5. The second-order valence-electron chi connectivity index (χ2n) is 7.54. The summed E-state index contributed by atoms with van der Waals surface area (Å²) >= 11 is 1.62. The van der Waals surface area contributed by atoms with Gasteiger partial charge >= 0.3 is 0 Å². The number of halogens is 1. The van der Waals surface area contributed by atoms with Gasteiger partial charge in [0.05, 0.1) is 28.7 Å². The van der Waals surface area contributed by atoms with E-state index in [0.29, 0.717) is 12.5 Å². The van der Waals surface area contributed by atoms with Crippen molar-refractivity contribution in [2.75, 3.05) is 23.1 Å². The highest BCUT2D eigenvalue weighted by molar-refractivity contribution is 8.14. The van der Waals surface area contributed by atoms with E-state index in [1.807, 2.05) is 6.07 Å². The molecule has 2 heterocycles. The number of H-pyrrole nitrogens is 1. The molecule has 4 rings (SSSR count). The van der Waals surface area contributed by atoms with Crippen LogP contribution in [0.3, 0.4) is 0 Å². The van der Waals surface area contributed by atoms with Crippen molar-refractivity contribution in [3.05, 3.63) is 29.7 Å². The van der Waals surface area contributed by atoms with Crippen LogP contribution in [0.4, 0.5) is 10.1 Å². The van der Waals surface area contributed by atoms with Gasteiger partial charge in [-0.3, -0.25) is 4.99 Å². The average molecular weight is 410 g/mol. The van der Waals surface area contributed by atoms with E-state index >= 15 is 0 Å². The van der Waals surface area contributed by atoms with Crippen molar-refractivity contribution in [2.45, 2.75) is 44.2 Å². The first-order chi connectivity index (χ1) is 12.9. The summed E-state index contributed by atoms with van der Waals surface area (Å²) in [6, 6.07) is 5.44. The largest absolute Gasteiger partial charge is 0.381 e.